The third-order valence-electron chi connectivity index (χ3n) is 5.48. The predicted molar refractivity (Wildman–Crippen MR) is 104 cm³/mol. The SMILES string of the molecule is COc1ccc(COC[C@H]2O[C@@]3(C=C[C@H](C)[C@@H](CC=O)O3)CC[C@@H]2OC)cc1. The molecule has 0 unspecified atom stereocenters. The van der Waals surface area contributed by atoms with Crippen LogP contribution in [0.2, 0.25) is 0 Å². The number of aldehydes is 1. The molecular formula is C22H30O6. The minimum atomic E-state index is -0.802. The molecule has 0 saturated carbocycles. The molecule has 0 aliphatic carbocycles. The van der Waals surface area contributed by atoms with Crippen LogP contribution in [0, 0.1) is 5.92 Å². The fraction of sp³-hybridized carbons (Fsp3) is 0.591. The number of methoxy groups -OCH3 is 2. The summed E-state index contributed by atoms with van der Waals surface area (Å²) in [5.41, 5.74) is 1.06. The largest absolute Gasteiger partial charge is 0.497 e. The van der Waals surface area contributed by atoms with Gasteiger partial charge in [-0.05, 0) is 30.2 Å². The van der Waals surface area contributed by atoms with Crippen molar-refractivity contribution in [3.63, 3.8) is 0 Å². The van der Waals surface area contributed by atoms with Gasteiger partial charge in [-0.1, -0.05) is 25.1 Å². The van der Waals surface area contributed by atoms with Crippen LogP contribution in [0.5, 0.6) is 5.75 Å². The van der Waals surface area contributed by atoms with Crippen molar-refractivity contribution in [3.05, 3.63) is 42.0 Å². The van der Waals surface area contributed by atoms with Gasteiger partial charge in [0, 0.05) is 25.9 Å². The summed E-state index contributed by atoms with van der Waals surface area (Å²) in [7, 11) is 3.34. The second kappa shape index (κ2) is 9.65. The zero-order valence-electron chi connectivity index (χ0n) is 16.8. The monoisotopic (exact) mass is 390 g/mol. The fourth-order valence-electron chi connectivity index (χ4n) is 3.74. The molecule has 6 heteroatoms. The van der Waals surface area contributed by atoms with Crippen LogP contribution in [0.25, 0.3) is 0 Å². The summed E-state index contributed by atoms with van der Waals surface area (Å²) in [6, 6.07) is 7.79. The third-order valence-corrected chi connectivity index (χ3v) is 5.48. The molecule has 0 bridgehead atoms. The molecule has 5 atom stereocenters. The van der Waals surface area contributed by atoms with E-state index in [2.05, 4.69) is 6.08 Å². The van der Waals surface area contributed by atoms with E-state index in [0.29, 0.717) is 26.1 Å². The first-order chi connectivity index (χ1) is 13.6. The highest BCUT2D eigenvalue weighted by Crippen LogP contribution is 2.38. The van der Waals surface area contributed by atoms with Crippen LogP contribution in [0.3, 0.4) is 0 Å². The fourth-order valence-corrected chi connectivity index (χ4v) is 3.74. The Bertz CT molecular complexity index is 657. The van der Waals surface area contributed by atoms with Gasteiger partial charge in [-0.25, -0.2) is 0 Å². The molecule has 1 spiro atoms. The van der Waals surface area contributed by atoms with Gasteiger partial charge in [-0.2, -0.15) is 0 Å². The first-order valence-corrected chi connectivity index (χ1v) is 9.81. The standard InChI is InChI=1S/C22H30O6/c1-16-8-11-22(27-19(16)10-13-23)12-9-20(25-3)21(28-22)15-26-14-17-4-6-18(24-2)7-5-17/h4-8,11,13,16,19-21H,9-10,12,14-15H2,1-3H3/t16-,19+,20-,21+,22-/m0/s1. The van der Waals surface area contributed by atoms with E-state index in [1.807, 2.05) is 37.3 Å². The Labute approximate surface area is 166 Å². The zero-order chi connectivity index (χ0) is 20.0. The van der Waals surface area contributed by atoms with E-state index >= 15 is 0 Å². The van der Waals surface area contributed by atoms with Gasteiger partial charge in [-0.15, -0.1) is 0 Å². The summed E-state index contributed by atoms with van der Waals surface area (Å²) in [5, 5.41) is 0. The number of carbonyl (C=O) groups excluding carboxylic acids is 1. The number of ether oxygens (including phenoxy) is 5. The van der Waals surface area contributed by atoms with Gasteiger partial charge >= 0.3 is 0 Å². The molecule has 6 nitrogen and oxygen atoms in total. The first kappa shape index (κ1) is 21.0. The summed E-state index contributed by atoms with van der Waals surface area (Å²) in [5.74, 6) is 0.203. The molecule has 154 valence electrons. The van der Waals surface area contributed by atoms with E-state index in [1.165, 1.54) is 0 Å². The van der Waals surface area contributed by atoms with Crippen molar-refractivity contribution in [2.24, 2.45) is 5.92 Å². The Morgan fingerprint density at radius 3 is 2.61 bits per heavy atom. The normalized spacial score (nSPS) is 32.4. The van der Waals surface area contributed by atoms with E-state index in [9.17, 15) is 4.79 Å². The van der Waals surface area contributed by atoms with Crippen molar-refractivity contribution in [2.45, 2.75) is 56.9 Å². The van der Waals surface area contributed by atoms with Gasteiger partial charge in [0.05, 0.1) is 32.5 Å². The zero-order valence-corrected chi connectivity index (χ0v) is 16.8. The van der Waals surface area contributed by atoms with Crippen molar-refractivity contribution in [1.29, 1.82) is 0 Å². The van der Waals surface area contributed by atoms with Gasteiger partial charge < -0.3 is 28.5 Å². The molecule has 1 fully saturated rings. The summed E-state index contributed by atoms with van der Waals surface area (Å²) in [4.78, 5) is 11.0. The molecule has 1 aromatic rings. The Hall–Kier alpha value is -1.73. The second-order valence-electron chi connectivity index (χ2n) is 7.42. The smallest absolute Gasteiger partial charge is 0.188 e. The second-order valence-corrected chi connectivity index (χ2v) is 7.42. The molecule has 2 heterocycles. The van der Waals surface area contributed by atoms with Crippen molar-refractivity contribution in [1.82, 2.24) is 0 Å². The molecule has 0 N–H and O–H groups in total. The number of benzene rings is 1. The number of carbonyl (C=O) groups is 1. The highest BCUT2D eigenvalue weighted by molar-refractivity contribution is 5.50. The summed E-state index contributed by atoms with van der Waals surface area (Å²) < 4.78 is 29.2. The lowest BCUT2D eigenvalue weighted by molar-refractivity contribution is -0.304. The third kappa shape index (κ3) is 5.00. The molecule has 1 saturated heterocycles. The van der Waals surface area contributed by atoms with Gasteiger partial charge in [0.25, 0.3) is 0 Å². The van der Waals surface area contributed by atoms with Crippen LogP contribution in [0.1, 0.15) is 31.7 Å². The van der Waals surface area contributed by atoms with Crippen LogP contribution in [0.15, 0.2) is 36.4 Å². The maximum atomic E-state index is 11.0. The summed E-state index contributed by atoms with van der Waals surface area (Å²) in [6.07, 6.45) is 6.38. The van der Waals surface area contributed by atoms with Crippen LogP contribution in [-0.2, 0) is 30.3 Å². The van der Waals surface area contributed by atoms with Crippen LogP contribution in [-0.4, -0.2) is 51.2 Å². The molecule has 0 amide bonds. The lowest BCUT2D eigenvalue weighted by Crippen LogP contribution is -2.53. The molecule has 2 aliphatic rings. The maximum absolute atomic E-state index is 11.0. The highest BCUT2D eigenvalue weighted by atomic mass is 16.7. The quantitative estimate of drug-likeness (QED) is 0.501. The number of hydrogen-bond donors (Lipinski definition) is 0. The van der Waals surface area contributed by atoms with E-state index in [0.717, 1.165) is 24.0 Å². The lowest BCUT2D eigenvalue weighted by atomic mass is 9.91. The number of rotatable bonds is 8. The Morgan fingerprint density at radius 1 is 1.18 bits per heavy atom. The maximum Gasteiger partial charge on any atom is 0.188 e. The average Bonchev–Trinajstić information content (AvgIpc) is 2.72. The molecular weight excluding hydrogens is 360 g/mol. The molecule has 1 aromatic carbocycles. The summed E-state index contributed by atoms with van der Waals surface area (Å²) >= 11 is 0. The predicted octanol–water partition coefficient (Wildman–Crippen LogP) is 3.28. The Balaban J connectivity index is 1.60. The van der Waals surface area contributed by atoms with Crippen molar-refractivity contribution in [2.75, 3.05) is 20.8 Å². The minimum absolute atomic E-state index is 0.0534. The van der Waals surface area contributed by atoms with Gasteiger partial charge in [0.15, 0.2) is 5.79 Å². The number of hydrogen-bond acceptors (Lipinski definition) is 6. The van der Waals surface area contributed by atoms with Crippen LogP contribution >= 0.6 is 0 Å². The van der Waals surface area contributed by atoms with E-state index in [4.69, 9.17) is 23.7 Å². The van der Waals surface area contributed by atoms with Gasteiger partial charge in [0.1, 0.15) is 18.1 Å². The Kier molecular flexibility index (Phi) is 7.24. The van der Waals surface area contributed by atoms with Crippen molar-refractivity contribution in [3.8, 4) is 5.75 Å². The van der Waals surface area contributed by atoms with E-state index in [1.54, 1.807) is 14.2 Å². The summed E-state index contributed by atoms with van der Waals surface area (Å²) in [6.45, 7) is 2.93. The highest BCUT2D eigenvalue weighted by Gasteiger charge is 2.45. The Morgan fingerprint density at radius 2 is 1.93 bits per heavy atom. The van der Waals surface area contributed by atoms with Crippen molar-refractivity contribution < 1.29 is 28.5 Å². The topological polar surface area (TPSA) is 63.2 Å². The molecule has 0 radical (unpaired) electrons. The average molecular weight is 390 g/mol. The molecule has 2 aliphatic heterocycles. The van der Waals surface area contributed by atoms with E-state index < -0.39 is 5.79 Å². The van der Waals surface area contributed by atoms with Crippen LogP contribution < -0.4 is 4.74 Å². The molecule has 28 heavy (non-hydrogen) atoms. The van der Waals surface area contributed by atoms with E-state index in [-0.39, 0.29) is 24.2 Å². The molecule has 3 rings (SSSR count). The molecule has 0 aromatic heterocycles. The van der Waals surface area contributed by atoms with Gasteiger partial charge in [0.2, 0.25) is 0 Å². The van der Waals surface area contributed by atoms with Gasteiger partial charge in [-0.3, -0.25) is 0 Å². The first-order valence-electron chi connectivity index (χ1n) is 9.81. The minimum Gasteiger partial charge on any atom is -0.497 e. The van der Waals surface area contributed by atoms with Crippen LogP contribution in [0.4, 0.5) is 0 Å². The lowest BCUT2D eigenvalue weighted by Gasteiger charge is -2.46. The van der Waals surface area contributed by atoms with Crippen molar-refractivity contribution >= 4 is 6.29 Å².